The standard InChI is InChI=1S/C32H34N4O2/c1-23-15-17-36(18-16-23)29-13-7-26(8-14-29)31(37)19-24-3-9-27(10-4-24)34-28-11-5-25(6-12-28)20-32(38)30-21-35(2)22-33-30/h3-14,21-23,34H,15-20H2,1-2H3. The Bertz CT molecular complexity index is 1380. The van der Waals surface area contributed by atoms with Crippen LogP contribution in [-0.2, 0) is 19.9 Å². The van der Waals surface area contributed by atoms with Crippen LogP contribution in [0.2, 0.25) is 0 Å². The van der Waals surface area contributed by atoms with E-state index in [4.69, 9.17) is 0 Å². The summed E-state index contributed by atoms with van der Waals surface area (Å²) in [7, 11) is 1.85. The summed E-state index contributed by atoms with van der Waals surface area (Å²) in [6.45, 7) is 4.49. The van der Waals surface area contributed by atoms with Gasteiger partial charge in [-0.2, -0.15) is 0 Å². The number of carbonyl (C=O) groups is 2. The number of nitrogens with zero attached hydrogens (tertiary/aromatic N) is 3. The van der Waals surface area contributed by atoms with Gasteiger partial charge in [-0.25, -0.2) is 4.98 Å². The number of ketones is 2. The van der Waals surface area contributed by atoms with Crippen molar-refractivity contribution in [3.63, 3.8) is 0 Å². The molecule has 194 valence electrons. The molecule has 5 rings (SSSR count). The monoisotopic (exact) mass is 506 g/mol. The number of benzene rings is 3. The molecule has 0 bridgehead atoms. The van der Waals surface area contributed by atoms with Crippen molar-refractivity contribution in [2.75, 3.05) is 23.3 Å². The molecule has 38 heavy (non-hydrogen) atoms. The molecule has 1 saturated heterocycles. The smallest absolute Gasteiger partial charge is 0.187 e. The summed E-state index contributed by atoms with van der Waals surface area (Å²) in [4.78, 5) is 31.8. The Morgan fingerprint density at radius 3 is 1.89 bits per heavy atom. The minimum Gasteiger partial charge on any atom is -0.372 e. The molecule has 0 aliphatic carbocycles. The molecule has 1 N–H and O–H groups in total. The predicted molar refractivity (Wildman–Crippen MR) is 152 cm³/mol. The van der Waals surface area contributed by atoms with E-state index >= 15 is 0 Å². The summed E-state index contributed by atoms with van der Waals surface area (Å²) in [5.74, 6) is 0.929. The van der Waals surface area contributed by atoms with Crippen LogP contribution < -0.4 is 10.2 Å². The summed E-state index contributed by atoms with van der Waals surface area (Å²) in [5.41, 5.74) is 6.25. The van der Waals surface area contributed by atoms with E-state index in [1.165, 1.54) is 18.5 Å². The number of rotatable bonds is 9. The lowest BCUT2D eigenvalue weighted by molar-refractivity contribution is 0.0982. The lowest BCUT2D eigenvalue weighted by atomic mass is 9.98. The molecule has 2 heterocycles. The fraction of sp³-hybridized carbons (Fsp3) is 0.281. The van der Waals surface area contributed by atoms with E-state index in [0.717, 1.165) is 47.1 Å². The number of hydrogen-bond donors (Lipinski definition) is 1. The summed E-state index contributed by atoms with van der Waals surface area (Å²) >= 11 is 0. The topological polar surface area (TPSA) is 67.2 Å². The molecule has 0 unspecified atom stereocenters. The van der Waals surface area contributed by atoms with Crippen molar-refractivity contribution in [2.45, 2.75) is 32.6 Å². The molecule has 0 atom stereocenters. The van der Waals surface area contributed by atoms with E-state index in [-0.39, 0.29) is 11.6 Å². The van der Waals surface area contributed by atoms with E-state index in [9.17, 15) is 9.59 Å². The van der Waals surface area contributed by atoms with Crippen molar-refractivity contribution in [1.29, 1.82) is 0 Å². The number of aryl methyl sites for hydroxylation is 1. The van der Waals surface area contributed by atoms with Crippen molar-refractivity contribution < 1.29 is 9.59 Å². The normalized spacial score (nSPS) is 13.9. The second kappa shape index (κ2) is 11.5. The molecule has 0 amide bonds. The average molecular weight is 507 g/mol. The molecule has 0 spiro atoms. The van der Waals surface area contributed by atoms with Gasteiger partial charge in [-0.05, 0) is 78.4 Å². The molecule has 1 aromatic heterocycles. The van der Waals surface area contributed by atoms with Gasteiger partial charge in [-0.3, -0.25) is 9.59 Å². The maximum Gasteiger partial charge on any atom is 0.187 e. The fourth-order valence-electron chi connectivity index (χ4n) is 4.82. The second-order valence-corrected chi connectivity index (χ2v) is 10.4. The number of carbonyl (C=O) groups excluding carboxylic acids is 2. The summed E-state index contributed by atoms with van der Waals surface area (Å²) in [5, 5.41) is 3.38. The Kier molecular flexibility index (Phi) is 7.68. The molecule has 0 saturated carbocycles. The Labute approximate surface area is 224 Å². The first kappa shape index (κ1) is 25.5. The van der Waals surface area contributed by atoms with Gasteiger partial charge in [0.1, 0.15) is 5.69 Å². The molecule has 0 radical (unpaired) electrons. The third-order valence-corrected chi connectivity index (χ3v) is 7.25. The van der Waals surface area contributed by atoms with Crippen LogP contribution >= 0.6 is 0 Å². The van der Waals surface area contributed by atoms with Crippen LogP contribution in [0.4, 0.5) is 17.1 Å². The zero-order chi connectivity index (χ0) is 26.5. The molecule has 1 aliphatic heterocycles. The quantitative estimate of drug-likeness (QED) is 0.272. The van der Waals surface area contributed by atoms with E-state index in [1.54, 1.807) is 17.1 Å². The van der Waals surface area contributed by atoms with Crippen molar-refractivity contribution in [3.8, 4) is 0 Å². The van der Waals surface area contributed by atoms with Gasteiger partial charge in [0, 0.05) is 61.8 Å². The molecule has 1 fully saturated rings. The zero-order valence-corrected chi connectivity index (χ0v) is 22.1. The van der Waals surface area contributed by atoms with Gasteiger partial charge >= 0.3 is 0 Å². The van der Waals surface area contributed by atoms with Crippen LogP contribution in [0.15, 0.2) is 85.3 Å². The second-order valence-electron chi connectivity index (χ2n) is 10.4. The van der Waals surface area contributed by atoms with Gasteiger partial charge < -0.3 is 14.8 Å². The number of piperidine rings is 1. The van der Waals surface area contributed by atoms with Gasteiger partial charge in [-0.15, -0.1) is 0 Å². The van der Waals surface area contributed by atoms with Gasteiger partial charge in [-0.1, -0.05) is 31.2 Å². The Balaban J connectivity index is 1.13. The molecule has 6 nitrogen and oxygen atoms in total. The van der Waals surface area contributed by atoms with Crippen LogP contribution in [0.1, 0.15) is 51.7 Å². The van der Waals surface area contributed by atoms with Gasteiger partial charge in [0.2, 0.25) is 0 Å². The maximum atomic E-state index is 12.9. The van der Waals surface area contributed by atoms with E-state index in [0.29, 0.717) is 18.5 Å². The number of aromatic nitrogens is 2. The van der Waals surface area contributed by atoms with E-state index in [1.807, 2.05) is 67.7 Å². The first-order valence-electron chi connectivity index (χ1n) is 13.3. The van der Waals surface area contributed by atoms with E-state index in [2.05, 4.69) is 34.3 Å². The van der Waals surface area contributed by atoms with Crippen LogP contribution in [0.25, 0.3) is 0 Å². The largest absolute Gasteiger partial charge is 0.372 e. The van der Waals surface area contributed by atoms with Crippen molar-refractivity contribution >= 4 is 28.6 Å². The first-order chi connectivity index (χ1) is 18.4. The van der Waals surface area contributed by atoms with E-state index < -0.39 is 0 Å². The van der Waals surface area contributed by atoms with Crippen molar-refractivity contribution in [1.82, 2.24) is 9.55 Å². The SMILES string of the molecule is CC1CCN(c2ccc(C(=O)Cc3ccc(Nc4ccc(CC(=O)c5cn(C)cn5)cc4)cc3)cc2)CC1. The zero-order valence-electron chi connectivity index (χ0n) is 22.1. The number of nitrogens with one attached hydrogen (secondary N) is 1. The Morgan fingerprint density at radius 2 is 1.37 bits per heavy atom. The van der Waals surface area contributed by atoms with Crippen LogP contribution in [0.5, 0.6) is 0 Å². The highest BCUT2D eigenvalue weighted by Gasteiger charge is 2.16. The minimum atomic E-state index is 0.00375. The van der Waals surface area contributed by atoms with Crippen LogP contribution in [0.3, 0.4) is 0 Å². The number of hydrogen-bond acceptors (Lipinski definition) is 5. The van der Waals surface area contributed by atoms with Crippen molar-refractivity contribution in [2.24, 2.45) is 13.0 Å². The molecule has 4 aromatic rings. The van der Waals surface area contributed by atoms with Gasteiger partial charge in [0.05, 0.1) is 6.33 Å². The van der Waals surface area contributed by atoms with Gasteiger partial charge in [0.25, 0.3) is 0 Å². The van der Waals surface area contributed by atoms with Gasteiger partial charge in [0.15, 0.2) is 11.6 Å². The highest BCUT2D eigenvalue weighted by Crippen LogP contribution is 2.24. The molecular weight excluding hydrogens is 472 g/mol. The predicted octanol–water partition coefficient (Wildman–Crippen LogP) is 6.25. The number of imidazole rings is 1. The molecule has 3 aromatic carbocycles. The molecular formula is C32H34N4O2. The van der Waals surface area contributed by atoms with Crippen LogP contribution in [-0.4, -0.2) is 34.2 Å². The summed E-state index contributed by atoms with van der Waals surface area (Å²) < 4.78 is 1.77. The Morgan fingerprint density at radius 1 is 0.816 bits per heavy atom. The maximum absolute atomic E-state index is 12.9. The highest BCUT2D eigenvalue weighted by atomic mass is 16.1. The fourth-order valence-corrected chi connectivity index (χ4v) is 4.82. The van der Waals surface area contributed by atoms with Crippen LogP contribution in [0, 0.1) is 5.92 Å². The number of anilines is 3. The third-order valence-electron chi connectivity index (χ3n) is 7.25. The first-order valence-corrected chi connectivity index (χ1v) is 13.3. The lowest BCUT2D eigenvalue weighted by Gasteiger charge is -2.32. The summed E-state index contributed by atoms with van der Waals surface area (Å²) in [6.07, 6.45) is 6.52. The summed E-state index contributed by atoms with van der Waals surface area (Å²) in [6, 6.07) is 23.9. The average Bonchev–Trinajstić information content (AvgIpc) is 3.38. The molecule has 1 aliphatic rings. The minimum absolute atomic E-state index is 0.00375. The lowest BCUT2D eigenvalue weighted by Crippen LogP contribution is -2.32. The van der Waals surface area contributed by atoms with Crippen molar-refractivity contribution in [3.05, 3.63) is 108 Å². The Hall–Kier alpha value is -4.19. The molecule has 6 heteroatoms. The third kappa shape index (κ3) is 6.38. The highest BCUT2D eigenvalue weighted by molar-refractivity contribution is 5.98. The number of Topliss-reactive ketones (excluding diaryl/α,β-unsaturated/α-hetero) is 2.